The summed E-state index contributed by atoms with van der Waals surface area (Å²) in [6.07, 6.45) is 5.29. The largest absolute Gasteiger partial charge is 0.343 e. The number of hydrogen-bond donors (Lipinski definition) is 1. The first kappa shape index (κ1) is 17.9. The van der Waals surface area contributed by atoms with E-state index in [-0.39, 0.29) is 17.3 Å². The van der Waals surface area contributed by atoms with E-state index in [1.54, 1.807) is 18.5 Å². The molecule has 1 aromatic heterocycles. The molecule has 4 rings (SSSR count). The van der Waals surface area contributed by atoms with Crippen LogP contribution in [0.1, 0.15) is 43.9 Å². The van der Waals surface area contributed by atoms with Crippen molar-refractivity contribution in [1.82, 2.24) is 10.3 Å². The number of aliphatic imine (C=N–C) groups is 1. The van der Waals surface area contributed by atoms with Gasteiger partial charge in [-0.1, -0.05) is 38.1 Å². The first-order valence-electron chi connectivity index (χ1n) is 8.95. The maximum atomic E-state index is 13.6. The van der Waals surface area contributed by atoms with E-state index in [1.165, 1.54) is 12.1 Å². The van der Waals surface area contributed by atoms with Crippen LogP contribution in [0.4, 0.5) is 4.39 Å². The van der Waals surface area contributed by atoms with E-state index in [0.29, 0.717) is 5.02 Å². The molecular weight excluding hydrogens is 361 g/mol. The van der Waals surface area contributed by atoms with Gasteiger partial charge in [-0.15, -0.1) is 0 Å². The second kappa shape index (κ2) is 6.61. The molecule has 1 unspecified atom stereocenters. The van der Waals surface area contributed by atoms with Crippen LogP contribution < -0.4 is 5.32 Å². The van der Waals surface area contributed by atoms with Crippen molar-refractivity contribution < 1.29 is 4.39 Å². The molecule has 1 N–H and O–H groups in total. The Kier molecular flexibility index (Phi) is 4.39. The summed E-state index contributed by atoms with van der Waals surface area (Å²) in [4.78, 5) is 9.14. The van der Waals surface area contributed by atoms with Crippen LogP contribution in [0.25, 0.3) is 0 Å². The molecule has 5 heteroatoms. The van der Waals surface area contributed by atoms with Crippen molar-refractivity contribution in [2.45, 2.75) is 32.7 Å². The molecular formula is C22H21ClFN3. The van der Waals surface area contributed by atoms with Crippen molar-refractivity contribution in [3.8, 4) is 0 Å². The lowest BCUT2D eigenvalue weighted by Crippen LogP contribution is -2.36. The maximum absolute atomic E-state index is 13.6. The third kappa shape index (κ3) is 3.42. The molecule has 0 saturated heterocycles. The highest BCUT2D eigenvalue weighted by atomic mass is 35.5. The number of nitrogens with one attached hydrogen (secondary N) is 1. The highest BCUT2D eigenvalue weighted by Gasteiger charge is 2.37. The Labute approximate surface area is 163 Å². The lowest BCUT2D eigenvalue weighted by atomic mass is 9.71. The van der Waals surface area contributed by atoms with Crippen molar-refractivity contribution in [2.75, 3.05) is 0 Å². The quantitative estimate of drug-likeness (QED) is 0.735. The van der Waals surface area contributed by atoms with Gasteiger partial charge in [0.15, 0.2) is 0 Å². The van der Waals surface area contributed by atoms with Gasteiger partial charge in [0.05, 0.1) is 0 Å². The van der Waals surface area contributed by atoms with E-state index >= 15 is 0 Å². The first-order chi connectivity index (χ1) is 12.8. The molecule has 3 nitrogen and oxygen atoms in total. The van der Waals surface area contributed by atoms with Gasteiger partial charge >= 0.3 is 0 Å². The van der Waals surface area contributed by atoms with Crippen LogP contribution in [-0.4, -0.2) is 10.8 Å². The molecule has 0 spiro atoms. The van der Waals surface area contributed by atoms with Crippen LogP contribution in [0.2, 0.25) is 5.02 Å². The third-order valence-electron chi connectivity index (χ3n) is 5.05. The molecule has 2 aromatic rings. The Morgan fingerprint density at radius 1 is 1.26 bits per heavy atom. The molecule has 1 aromatic carbocycles. The van der Waals surface area contributed by atoms with Gasteiger partial charge < -0.3 is 5.32 Å². The maximum Gasteiger partial charge on any atom is 0.135 e. The number of benzene rings is 1. The highest BCUT2D eigenvalue weighted by Crippen LogP contribution is 2.48. The van der Waals surface area contributed by atoms with Gasteiger partial charge in [0, 0.05) is 34.2 Å². The number of hydrogen-bond acceptors (Lipinski definition) is 3. The number of rotatable bonds is 2. The summed E-state index contributed by atoms with van der Waals surface area (Å²) in [6.45, 7) is 8.79. The standard InChI is InChI=1S/C22H21ClFN3/c1-13-10-22(2,3)11-18-19(13)20(16-7-6-15(24)9-17(16)23)27-21(26-18)14-5-4-8-25-12-14/h4-9,12,20H,1,10-11H2,2-3H3,(H,26,27). The minimum Gasteiger partial charge on any atom is -0.343 e. The number of pyridine rings is 1. The number of aromatic nitrogens is 1. The van der Waals surface area contributed by atoms with E-state index in [1.807, 2.05) is 12.1 Å². The average molecular weight is 382 g/mol. The normalized spacial score (nSPS) is 21.4. The Hall–Kier alpha value is -2.46. The smallest absolute Gasteiger partial charge is 0.135 e. The molecule has 2 heterocycles. The van der Waals surface area contributed by atoms with Crippen molar-refractivity contribution in [3.05, 3.63) is 88.1 Å². The molecule has 0 amide bonds. The van der Waals surface area contributed by atoms with Crippen LogP contribution >= 0.6 is 11.6 Å². The minimum atomic E-state index is -0.355. The van der Waals surface area contributed by atoms with E-state index in [4.69, 9.17) is 16.6 Å². The minimum absolute atomic E-state index is 0.109. The highest BCUT2D eigenvalue weighted by molar-refractivity contribution is 6.31. The van der Waals surface area contributed by atoms with Gasteiger partial charge in [-0.2, -0.15) is 0 Å². The van der Waals surface area contributed by atoms with E-state index in [2.05, 4.69) is 30.7 Å². The Balaban J connectivity index is 1.87. The Morgan fingerprint density at radius 3 is 2.78 bits per heavy atom. The third-order valence-corrected chi connectivity index (χ3v) is 5.37. The molecule has 0 bridgehead atoms. The molecule has 0 radical (unpaired) electrons. The van der Waals surface area contributed by atoms with Gasteiger partial charge in [0.25, 0.3) is 0 Å². The molecule has 1 atom stereocenters. The van der Waals surface area contributed by atoms with E-state index < -0.39 is 0 Å². The van der Waals surface area contributed by atoms with Gasteiger partial charge in [-0.3, -0.25) is 9.98 Å². The molecule has 27 heavy (non-hydrogen) atoms. The zero-order chi connectivity index (χ0) is 19.2. The first-order valence-corrected chi connectivity index (χ1v) is 9.33. The fourth-order valence-corrected chi connectivity index (χ4v) is 4.23. The number of allylic oxidation sites excluding steroid dienone is 1. The molecule has 1 aliphatic carbocycles. The molecule has 0 saturated carbocycles. The second-order valence-corrected chi connectivity index (χ2v) is 8.33. The molecule has 0 fully saturated rings. The summed E-state index contributed by atoms with van der Waals surface area (Å²) in [7, 11) is 0. The molecule has 1 aliphatic heterocycles. The van der Waals surface area contributed by atoms with Crippen molar-refractivity contribution >= 4 is 17.4 Å². The summed E-state index contributed by atoms with van der Waals surface area (Å²) >= 11 is 6.40. The Bertz CT molecular complexity index is 976. The molecule has 2 aliphatic rings. The van der Waals surface area contributed by atoms with Crippen LogP contribution in [0.5, 0.6) is 0 Å². The van der Waals surface area contributed by atoms with Crippen LogP contribution in [0.3, 0.4) is 0 Å². The van der Waals surface area contributed by atoms with Gasteiger partial charge in [-0.25, -0.2) is 4.39 Å². The van der Waals surface area contributed by atoms with Gasteiger partial charge in [-0.05, 0) is 53.7 Å². The number of halogens is 2. The topological polar surface area (TPSA) is 37.3 Å². The van der Waals surface area contributed by atoms with Crippen LogP contribution in [0.15, 0.2) is 71.1 Å². The fourth-order valence-electron chi connectivity index (χ4n) is 3.96. The monoisotopic (exact) mass is 381 g/mol. The average Bonchev–Trinajstić information content (AvgIpc) is 2.60. The lowest BCUT2D eigenvalue weighted by Gasteiger charge is -2.39. The predicted molar refractivity (Wildman–Crippen MR) is 107 cm³/mol. The van der Waals surface area contributed by atoms with E-state index in [9.17, 15) is 4.39 Å². The SMILES string of the molecule is C=C1CC(C)(C)CC2=C1C(c1ccc(F)cc1Cl)N=C(c1cccnc1)N2. The van der Waals surface area contributed by atoms with E-state index in [0.717, 1.165) is 46.6 Å². The Morgan fingerprint density at radius 2 is 2.07 bits per heavy atom. The van der Waals surface area contributed by atoms with Gasteiger partial charge in [0.1, 0.15) is 17.7 Å². The summed E-state index contributed by atoms with van der Waals surface area (Å²) in [5.74, 6) is 0.393. The fraction of sp³-hybridized carbons (Fsp3) is 0.273. The zero-order valence-electron chi connectivity index (χ0n) is 15.4. The summed E-state index contributed by atoms with van der Waals surface area (Å²) < 4.78 is 13.6. The number of nitrogens with zero attached hydrogens (tertiary/aromatic N) is 2. The molecule has 138 valence electrons. The zero-order valence-corrected chi connectivity index (χ0v) is 16.1. The summed E-state index contributed by atoms with van der Waals surface area (Å²) in [6, 6.07) is 8.03. The number of amidine groups is 1. The van der Waals surface area contributed by atoms with Crippen molar-refractivity contribution in [3.63, 3.8) is 0 Å². The van der Waals surface area contributed by atoms with Crippen LogP contribution in [0, 0.1) is 11.2 Å². The second-order valence-electron chi connectivity index (χ2n) is 7.93. The van der Waals surface area contributed by atoms with Crippen molar-refractivity contribution in [2.24, 2.45) is 10.4 Å². The van der Waals surface area contributed by atoms with Crippen LogP contribution in [-0.2, 0) is 0 Å². The van der Waals surface area contributed by atoms with Crippen molar-refractivity contribution in [1.29, 1.82) is 0 Å². The summed E-state index contributed by atoms with van der Waals surface area (Å²) in [5, 5.41) is 3.88. The summed E-state index contributed by atoms with van der Waals surface area (Å²) in [5.41, 5.74) is 5.02. The predicted octanol–water partition coefficient (Wildman–Crippen LogP) is 5.60. The lowest BCUT2D eigenvalue weighted by molar-refractivity contribution is 0.337. The van der Waals surface area contributed by atoms with Gasteiger partial charge in [0.2, 0.25) is 0 Å².